The van der Waals surface area contributed by atoms with E-state index in [0.29, 0.717) is 16.6 Å². The van der Waals surface area contributed by atoms with E-state index < -0.39 is 0 Å². The molecule has 0 bridgehead atoms. The standard InChI is InChI=1S/C18H19ClFN/c1-11-3-4-13(10-21-14-5-6-14)8-15(11)16-7-12(2)18(20)9-17(16)19/h3-4,7-9,14,21H,5-6,10H2,1-2H3. The molecule has 1 nitrogen and oxygen atoms in total. The van der Waals surface area contributed by atoms with E-state index in [1.165, 1.54) is 24.5 Å². The maximum absolute atomic E-state index is 13.6. The smallest absolute Gasteiger partial charge is 0.127 e. The Morgan fingerprint density at radius 2 is 1.86 bits per heavy atom. The molecule has 0 spiro atoms. The minimum Gasteiger partial charge on any atom is -0.310 e. The fraction of sp³-hybridized carbons (Fsp3) is 0.333. The summed E-state index contributed by atoms with van der Waals surface area (Å²) < 4.78 is 13.6. The summed E-state index contributed by atoms with van der Waals surface area (Å²) in [6, 6.07) is 10.3. The van der Waals surface area contributed by atoms with Crippen LogP contribution in [-0.2, 0) is 6.54 Å². The van der Waals surface area contributed by atoms with Crippen molar-refractivity contribution in [3.05, 3.63) is 57.9 Å². The molecule has 0 atom stereocenters. The van der Waals surface area contributed by atoms with Crippen molar-refractivity contribution < 1.29 is 4.39 Å². The molecule has 0 unspecified atom stereocenters. The van der Waals surface area contributed by atoms with Gasteiger partial charge >= 0.3 is 0 Å². The second kappa shape index (κ2) is 5.78. The van der Waals surface area contributed by atoms with Crippen LogP contribution in [0.1, 0.15) is 29.5 Å². The maximum Gasteiger partial charge on any atom is 0.127 e. The highest BCUT2D eigenvalue weighted by atomic mass is 35.5. The fourth-order valence-electron chi connectivity index (χ4n) is 2.48. The fourth-order valence-corrected chi connectivity index (χ4v) is 2.73. The molecule has 1 aliphatic rings. The van der Waals surface area contributed by atoms with Gasteiger partial charge in [-0.1, -0.05) is 23.7 Å². The zero-order chi connectivity index (χ0) is 15.0. The van der Waals surface area contributed by atoms with Gasteiger partial charge in [0.25, 0.3) is 0 Å². The number of hydrogen-bond donors (Lipinski definition) is 1. The van der Waals surface area contributed by atoms with Gasteiger partial charge in [0.1, 0.15) is 5.82 Å². The Bertz CT molecular complexity index is 677. The Hall–Kier alpha value is -1.38. The Labute approximate surface area is 130 Å². The normalized spacial score (nSPS) is 14.5. The Kier molecular flexibility index (Phi) is 4.01. The predicted molar refractivity (Wildman–Crippen MR) is 86.2 cm³/mol. The Morgan fingerprint density at radius 3 is 2.57 bits per heavy atom. The van der Waals surface area contributed by atoms with E-state index in [1.807, 2.05) is 6.07 Å². The molecule has 1 saturated carbocycles. The van der Waals surface area contributed by atoms with Gasteiger partial charge in [0.05, 0.1) is 5.02 Å². The number of halogens is 2. The molecule has 1 N–H and O–H groups in total. The van der Waals surface area contributed by atoms with Crippen LogP contribution in [0.25, 0.3) is 11.1 Å². The van der Waals surface area contributed by atoms with Gasteiger partial charge in [-0.3, -0.25) is 0 Å². The van der Waals surface area contributed by atoms with Crippen LogP contribution in [0.4, 0.5) is 4.39 Å². The number of hydrogen-bond acceptors (Lipinski definition) is 1. The van der Waals surface area contributed by atoms with Gasteiger partial charge in [-0.2, -0.15) is 0 Å². The van der Waals surface area contributed by atoms with Crippen molar-refractivity contribution in [2.24, 2.45) is 0 Å². The van der Waals surface area contributed by atoms with Crippen LogP contribution in [0.2, 0.25) is 5.02 Å². The van der Waals surface area contributed by atoms with E-state index in [9.17, 15) is 4.39 Å². The monoisotopic (exact) mass is 303 g/mol. The lowest BCUT2D eigenvalue weighted by atomic mass is 9.96. The van der Waals surface area contributed by atoms with Crippen molar-refractivity contribution in [2.45, 2.75) is 39.3 Å². The van der Waals surface area contributed by atoms with Crippen LogP contribution >= 0.6 is 11.6 Å². The zero-order valence-corrected chi connectivity index (χ0v) is 13.1. The largest absolute Gasteiger partial charge is 0.310 e. The average Bonchev–Trinajstić information content (AvgIpc) is 3.26. The quantitative estimate of drug-likeness (QED) is 0.836. The highest BCUT2D eigenvalue weighted by Crippen LogP contribution is 2.33. The van der Waals surface area contributed by atoms with E-state index in [1.54, 1.807) is 6.92 Å². The summed E-state index contributed by atoms with van der Waals surface area (Å²) >= 11 is 6.24. The Balaban J connectivity index is 1.96. The molecule has 2 aromatic carbocycles. The summed E-state index contributed by atoms with van der Waals surface area (Å²) in [7, 11) is 0. The number of rotatable bonds is 4. The number of benzene rings is 2. The van der Waals surface area contributed by atoms with E-state index in [0.717, 1.165) is 23.2 Å². The summed E-state index contributed by atoms with van der Waals surface area (Å²) in [6.07, 6.45) is 2.56. The summed E-state index contributed by atoms with van der Waals surface area (Å²) in [6.45, 7) is 4.70. The Morgan fingerprint density at radius 1 is 1.10 bits per heavy atom. The molecule has 3 rings (SSSR count). The van der Waals surface area contributed by atoms with E-state index in [4.69, 9.17) is 11.6 Å². The molecular weight excluding hydrogens is 285 g/mol. The molecule has 0 amide bonds. The van der Waals surface area contributed by atoms with Crippen molar-refractivity contribution in [3.8, 4) is 11.1 Å². The van der Waals surface area contributed by atoms with Gasteiger partial charge in [-0.05, 0) is 67.1 Å². The lowest BCUT2D eigenvalue weighted by Crippen LogP contribution is -2.15. The van der Waals surface area contributed by atoms with Crippen molar-refractivity contribution in [2.75, 3.05) is 0 Å². The molecule has 110 valence electrons. The zero-order valence-electron chi connectivity index (χ0n) is 12.3. The molecular formula is C18H19ClFN. The molecule has 0 radical (unpaired) electrons. The third kappa shape index (κ3) is 3.28. The third-order valence-electron chi connectivity index (χ3n) is 4.01. The van der Waals surface area contributed by atoms with Gasteiger partial charge in [0.15, 0.2) is 0 Å². The van der Waals surface area contributed by atoms with Crippen LogP contribution in [0.15, 0.2) is 30.3 Å². The first-order valence-electron chi connectivity index (χ1n) is 7.33. The molecule has 0 aromatic heterocycles. The lowest BCUT2D eigenvalue weighted by molar-refractivity contribution is 0.619. The molecule has 1 aliphatic carbocycles. The van der Waals surface area contributed by atoms with Crippen LogP contribution in [0, 0.1) is 19.7 Å². The molecule has 2 aromatic rings. The SMILES string of the molecule is Cc1cc(-c2cc(CNC3CC3)ccc2C)c(Cl)cc1F. The van der Waals surface area contributed by atoms with Crippen LogP contribution in [-0.4, -0.2) is 6.04 Å². The van der Waals surface area contributed by atoms with Crippen LogP contribution < -0.4 is 5.32 Å². The predicted octanol–water partition coefficient (Wildman–Crippen LogP) is 5.01. The van der Waals surface area contributed by atoms with Crippen LogP contribution in [0.5, 0.6) is 0 Å². The minimum atomic E-state index is -0.257. The summed E-state index contributed by atoms with van der Waals surface area (Å²) in [5, 5.41) is 3.98. The van der Waals surface area contributed by atoms with E-state index >= 15 is 0 Å². The molecule has 0 heterocycles. The summed E-state index contributed by atoms with van der Waals surface area (Å²) in [4.78, 5) is 0. The maximum atomic E-state index is 13.6. The minimum absolute atomic E-state index is 0.257. The molecule has 1 fully saturated rings. The highest BCUT2D eigenvalue weighted by molar-refractivity contribution is 6.33. The van der Waals surface area contributed by atoms with Gasteiger partial charge in [-0.25, -0.2) is 4.39 Å². The lowest BCUT2D eigenvalue weighted by Gasteiger charge is -2.12. The van der Waals surface area contributed by atoms with Gasteiger partial charge in [-0.15, -0.1) is 0 Å². The first kappa shape index (κ1) is 14.6. The molecule has 0 saturated heterocycles. The third-order valence-corrected chi connectivity index (χ3v) is 4.33. The van der Waals surface area contributed by atoms with E-state index in [-0.39, 0.29) is 5.82 Å². The van der Waals surface area contributed by atoms with Crippen molar-refractivity contribution >= 4 is 11.6 Å². The highest BCUT2D eigenvalue weighted by Gasteiger charge is 2.20. The number of aryl methyl sites for hydroxylation is 2. The van der Waals surface area contributed by atoms with Crippen LogP contribution in [0.3, 0.4) is 0 Å². The summed E-state index contributed by atoms with van der Waals surface area (Å²) in [5.74, 6) is -0.257. The van der Waals surface area contributed by atoms with Gasteiger partial charge in [0, 0.05) is 18.2 Å². The van der Waals surface area contributed by atoms with Crippen molar-refractivity contribution in [1.29, 1.82) is 0 Å². The molecule has 3 heteroatoms. The van der Waals surface area contributed by atoms with E-state index in [2.05, 4.69) is 30.4 Å². The number of nitrogens with one attached hydrogen (secondary N) is 1. The van der Waals surface area contributed by atoms with Crippen molar-refractivity contribution in [1.82, 2.24) is 5.32 Å². The van der Waals surface area contributed by atoms with Crippen molar-refractivity contribution in [3.63, 3.8) is 0 Å². The first-order valence-corrected chi connectivity index (χ1v) is 7.71. The first-order chi connectivity index (χ1) is 10.0. The average molecular weight is 304 g/mol. The second-order valence-electron chi connectivity index (χ2n) is 5.89. The molecule has 21 heavy (non-hydrogen) atoms. The molecule has 0 aliphatic heterocycles. The van der Waals surface area contributed by atoms with Gasteiger partial charge < -0.3 is 5.32 Å². The second-order valence-corrected chi connectivity index (χ2v) is 6.29. The van der Waals surface area contributed by atoms with Gasteiger partial charge in [0.2, 0.25) is 0 Å². The topological polar surface area (TPSA) is 12.0 Å². The summed E-state index contributed by atoms with van der Waals surface area (Å²) in [5.41, 5.74) is 4.99.